The minimum absolute atomic E-state index is 0.251. The monoisotopic (exact) mass is 431 g/mol. The molecule has 2 aromatic carbocycles. The molecule has 0 fully saturated rings. The first kappa shape index (κ1) is 20.7. The fourth-order valence-electron chi connectivity index (χ4n) is 2.85. The van der Waals surface area contributed by atoms with Gasteiger partial charge in [0, 0.05) is 18.2 Å². The second-order valence-corrected chi connectivity index (χ2v) is 7.59. The quantitative estimate of drug-likeness (QED) is 0.553. The van der Waals surface area contributed by atoms with E-state index in [4.69, 9.17) is 32.2 Å². The molecule has 7 nitrogen and oxygen atoms in total. The number of benzene rings is 2. The van der Waals surface area contributed by atoms with Crippen molar-refractivity contribution in [1.82, 2.24) is 9.88 Å². The molecule has 0 aliphatic rings. The summed E-state index contributed by atoms with van der Waals surface area (Å²) in [5.41, 5.74) is 7.79. The maximum atomic E-state index is 12.8. The number of para-hydroxylation sites is 1. The molecule has 0 atom stereocenters. The van der Waals surface area contributed by atoms with Gasteiger partial charge < -0.3 is 25.3 Å². The van der Waals surface area contributed by atoms with Crippen molar-refractivity contribution in [3.63, 3.8) is 0 Å². The summed E-state index contributed by atoms with van der Waals surface area (Å²) in [5.74, 6) is 1.82. The Balaban J connectivity index is 1.90. The lowest BCUT2D eigenvalue weighted by Gasteiger charge is -2.13. The van der Waals surface area contributed by atoms with Crippen molar-refractivity contribution in [3.8, 4) is 22.9 Å². The molecule has 1 aromatic heterocycles. The second kappa shape index (κ2) is 8.97. The van der Waals surface area contributed by atoms with Gasteiger partial charge in [0.25, 0.3) is 5.91 Å². The Hall–Kier alpha value is -3.04. The number of nitrogens with zero attached hydrogens (tertiary/aromatic N) is 1. The van der Waals surface area contributed by atoms with E-state index in [-0.39, 0.29) is 11.7 Å². The van der Waals surface area contributed by atoms with Gasteiger partial charge in [0.1, 0.15) is 27.9 Å². The van der Waals surface area contributed by atoms with E-state index in [0.717, 1.165) is 16.9 Å². The Morgan fingerprint density at radius 2 is 1.83 bits per heavy atom. The first-order chi connectivity index (χ1) is 14.0. The third-order valence-electron chi connectivity index (χ3n) is 4.31. The van der Waals surface area contributed by atoms with Crippen LogP contribution in [-0.4, -0.2) is 31.8 Å². The van der Waals surface area contributed by atoms with Crippen LogP contribution in [0.4, 0.5) is 5.82 Å². The summed E-state index contributed by atoms with van der Waals surface area (Å²) in [6, 6.07) is 12.8. The Morgan fingerprint density at radius 3 is 2.52 bits per heavy atom. The van der Waals surface area contributed by atoms with Crippen LogP contribution < -0.4 is 25.3 Å². The SMILES string of the molecule is COc1ccc(-n2c(N)c(C(=O)NCc3ccccc3OC)sc2=S)c(OC)c1. The summed E-state index contributed by atoms with van der Waals surface area (Å²) < 4.78 is 18.0. The average Bonchev–Trinajstić information content (AvgIpc) is 3.05. The number of rotatable bonds is 7. The summed E-state index contributed by atoms with van der Waals surface area (Å²) >= 11 is 6.60. The highest BCUT2D eigenvalue weighted by Gasteiger charge is 2.20. The molecule has 0 aliphatic carbocycles. The van der Waals surface area contributed by atoms with E-state index in [1.165, 1.54) is 0 Å². The van der Waals surface area contributed by atoms with Crippen LogP contribution in [0.15, 0.2) is 42.5 Å². The van der Waals surface area contributed by atoms with Gasteiger partial charge in [-0.25, -0.2) is 0 Å². The van der Waals surface area contributed by atoms with Gasteiger partial charge >= 0.3 is 0 Å². The fourth-order valence-corrected chi connectivity index (χ4v) is 4.12. The van der Waals surface area contributed by atoms with E-state index in [1.54, 1.807) is 44.1 Å². The molecule has 0 radical (unpaired) electrons. The van der Waals surface area contributed by atoms with Gasteiger partial charge in [-0.1, -0.05) is 29.5 Å². The highest BCUT2D eigenvalue weighted by atomic mass is 32.1. The molecular weight excluding hydrogens is 410 g/mol. The first-order valence-electron chi connectivity index (χ1n) is 8.64. The third-order valence-corrected chi connectivity index (χ3v) is 5.70. The number of nitrogens with one attached hydrogen (secondary N) is 1. The Morgan fingerprint density at radius 1 is 1.10 bits per heavy atom. The molecule has 3 rings (SSSR count). The van der Waals surface area contributed by atoms with Crippen molar-refractivity contribution < 1.29 is 19.0 Å². The highest BCUT2D eigenvalue weighted by molar-refractivity contribution is 7.73. The largest absolute Gasteiger partial charge is 0.497 e. The summed E-state index contributed by atoms with van der Waals surface area (Å²) in [5, 5.41) is 2.87. The molecule has 9 heteroatoms. The van der Waals surface area contributed by atoms with Gasteiger partial charge in [-0.05, 0) is 30.4 Å². The number of hydrogen-bond acceptors (Lipinski definition) is 7. The van der Waals surface area contributed by atoms with E-state index in [2.05, 4.69) is 5.32 Å². The first-order valence-corrected chi connectivity index (χ1v) is 9.86. The zero-order valence-electron chi connectivity index (χ0n) is 16.2. The second-order valence-electron chi connectivity index (χ2n) is 5.95. The van der Waals surface area contributed by atoms with Crippen LogP contribution in [0, 0.1) is 3.95 Å². The predicted molar refractivity (Wildman–Crippen MR) is 116 cm³/mol. The lowest BCUT2D eigenvalue weighted by Crippen LogP contribution is -2.23. The summed E-state index contributed by atoms with van der Waals surface area (Å²) in [7, 11) is 4.71. The van der Waals surface area contributed by atoms with Crippen LogP contribution in [-0.2, 0) is 6.54 Å². The zero-order chi connectivity index (χ0) is 21.0. The number of aromatic nitrogens is 1. The summed E-state index contributed by atoms with van der Waals surface area (Å²) in [6.45, 7) is 0.304. The smallest absolute Gasteiger partial charge is 0.265 e. The van der Waals surface area contributed by atoms with E-state index in [1.807, 2.05) is 24.3 Å². The third kappa shape index (κ3) is 4.20. The molecule has 0 saturated heterocycles. The maximum Gasteiger partial charge on any atom is 0.265 e. The normalized spacial score (nSPS) is 10.4. The van der Waals surface area contributed by atoms with E-state index >= 15 is 0 Å². The van der Waals surface area contributed by atoms with Crippen LogP contribution in [0.5, 0.6) is 17.2 Å². The van der Waals surface area contributed by atoms with Gasteiger partial charge in [0.2, 0.25) is 0 Å². The van der Waals surface area contributed by atoms with Crippen molar-refractivity contribution in [2.75, 3.05) is 27.1 Å². The van der Waals surface area contributed by atoms with Crippen LogP contribution in [0.3, 0.4) is 0 Å². The van der Waals surface area contributed by atoms with Gasteiger partial charge in [-0.15, -0.1) is 0 Å². The topological polar surface area (TPSA) is 87.7 Å². The summed E-state index contributed by atoms with van der Waals surface area (Å²) in [6.07, 6.45) is 0. The molecule has 0 saturated carbocycles. The number of anilines is 1. The number of hydrogen-bond donors (Lipinski definition) is 2. The molecule has 0 spiro atoms. The average molecular weight is 432 g/mol. The number of carbonyl (C=O) groups is 1. The highest BCUT2D eigenvalue weighted by Crippen LogP contribution is 2.33. The van der Waals surface area contributed by atoms with Crippen LogP contribution in [0.2, 0.25) is 0 Å². The molecule has 152 valence electrons. The zero-order valence-corrected chi connectivity index (χ0v) is 17.9. The lowest BCUT2D eigenvalue weighted by molar-refractivity contribution is 0.0955. The van der Waals surface area contributed by atoms with Gasteiger partial charge in [0.05, 0.1) is 27.0 Å². The van der Waals surface area contributed by atoms with Gasteiger partial charge in [0.15, 0.2) is 3.95 Å². The van der Waals surface area contributed by atoms with E-state index in [9.17, 15) is 4.79 Å². The van der Waals surface area contributed by atoms with Crippen LogP contribution in [0.25, 0.3) is 5.69 Å². The Kier molecular flexibility index (Phi) is 6.40. The molecule has 3 N–H and O–H groups in total. The number of ether oxygens (including phenoxy) is 3. The molecule has 0 aliphatic heterocycles. The predicted octanol–water partition coefficient (Wildman–Crippen LogP) is 3.81. The number of methoxy groups -OCH3 is 3. The van der Waals surface area contributed by atoms with Crippen molar-refractivity contribution in [3.05, 3.63) is 56.9 Å². The number of thiazole rings is 1. The van der Waals surface area contributed by atoms with Gasteiger partial charge in [-0.2, -0.15) is 0 Å². The van der Waals surface area contributed by atoms with Crippen LogP contribution in [0.1, 0.15) is 15.2 Å². The Bertz CT molecular complexity index is 1090. The maximum absolute atomic E-state index is 12.8. The molecule has 3 aromatic rings. The number of carbonyl (C=O) groups excluding carboxylic acids is 1. The minimum atomic E-state index is -0.310. The van der Waals surface area contributed by atoms with E-state index in [0.29, 0.717) is 38.3 Å². The molecular formula is C20H21N3O4S2. The summed E-state index contributed by atoms with van der Waals surface area (Å²) in [4.78, 5) is 13.1. The minimum Gasteiger partial charge on any atom is -0.497 e. The number of nitrogen functional groups attached to an aromatic ring is 1. The number of amides is 1. The molecule has 1 amide bonds. The van der Waals surface area contributed by atoms with E-state index < -0.39 is 0 Å². The molecule has 1 heterocycles. The number of nitrogens with two attached hydrogens (primary N) is 1. The lowest BCUT2D eigenvalue weighted by atomic mass is 10.2. The Labute approximate surface area is 177 Å². The van der Waals surface area contributed by atoms with Crippen molar-refractivity contribution in [2.45, 2.75) is 6.54 Å². The van der Waals surface area contributed by atoms with Crippen molar-refractivity contribution in [2.24, 2.45) is 0 Å². The molecule has 0 bridgehead atoms. The molecule has 29 heavy (non-hydrogen) atoms. The standard InChI is InChI=1S/C20H21N3O4S2/c1-25-13-8-9-14(16(10-13)27-3)23-18(21)17(29-20(23)28)19(24)22-11-12-6-4-5-7-15(12)26-2/h4-10H,11,21H2,1-3H3,(H,22,24). The fraction of sp³-hybridized carbons (Fsp3) is 0.200. The van der Waals surface area contributed by atoms with Crippen LogP contribution >= 0.6 is 23.6 Å². The van der Waals surface area contributed by atoms with Gasteiger partial charge in [-0.3, -0.25) is 9.36 Å². The van der Waals surface area contributed by atoms with Crippen molar-refractivity contribution >= 4 is 35.3 Å². The molecule has 0 unspecified atom stereocenters. The van der Waals surface area contributed by atoms with Crippen molar-refractivity contribution in [1.29, 1.82) is 0 Å².